The van der Waals surface area contributed by atoms with Crippen LogP contribution in [0, 0.1) is 5.92 Å². The molecule has 1 aromatic heterocycles. The minimum Gasteiger partial charge on any atom is -0.468 e. The van der Waals surface area contributed by atoms with Gasteiger partial charge in [-0.3, -0.25) is 4.90 Å². The van der Waals surface area contributed by atoms with Crippen molar-refractivity contribution in [2.24, 2.45) is 5.92 Å². The molecule has 112 valence electrons. The van der Waals surface area contributed by atoms with Crippen molar-refractivity contribution in [3.8, 4) is 0 Å². The van der Waals surface area contributed by atoms with E-state index in [2.05, 4.69) is 16.3 Å². The van der Waals surface area contributed by atoms with Gasteiger partial charge in [-0.05, 0) is 50.3 Å². The molecule has 2 saturated carbocycles. The van der Waals surface area contributed by atoms with Gasteiger partial charge in [0.1, 0.15) is 5.76 Å². The van der Waals surface area contributed by atoms with Crippen LogP contribution >= 0.6 is 0 Å². The molecule has 0 amide bonds. The second-order valence-corrected chi connectivity index (χ2v) is 6.49. The largest absolute Gasteiger partial charge is 0.468 e. The molecule has 0 aromatic carbocycles. The first-order valence-electron chi connectivity index (χ1n) is 8.39. The van der Waals surface area contributed by atoms with Crippen molar-refractivity contribution in [2.75, 3.05) is 19.6 Å². The molecular weight excluding hydrogens is 248 g/mol. The molecule has 1 aromatic rings. The Hall–Kier alpha value is -0.800. The zero-order chi connectivity index (χ0) is 13.6. The van der Waals surface area contributed by atoms with Gasteiger partial charge in [0.15, 0.2) is 0 Å². The maximum Gasteiger partial charge on any atom is 0.117 e. The summed E-state index contributed by atoms with van der Waals surface area (Å²) in [7, 11) is 0. The van der Waals surface area contributed by atoms with E-state index in [-0.39, 0.29) is 0 Å². The van der Waals surface area contributed by atoms with Crippen molar-refractivity contribution in [3.63, 3.8) is 0 Å². The molecule has 1 heterocycles. The van der Waals surface area contributed by atoms with Crippen LogP contribution in [-0.2, 0) is 6.54 Å². The molecule has 2 aliphatic carbocycles. The Balaban J connectivity index is 1.34. The monoisotopic (exact) mass is 276 g/mol. The van der Waals surface area contributed by atoms with Gasteiger partial charge in [0.25, 0.3) is 0 Å². The average molecular weight is 276 g/mol. The van der Waals surface area contributed by atoms with E-state index in [1.807, 2.05) is 6.07 Å². The molecule has 0 spiro atoms. The van der Waals surface area contributed by atoms with E-state index >= 15 is 0 Å². The first-order valence-corrected chi connectivity index (χ1v) is 8.39. The van der Waals surface area contributed by atoms with Gasteiger partial charge in [-0.25, -0.2) is 0 Å². The summed E-state index contributed by atoms with van der Waals surface area (Å²) in [6, 6.07) is 4.88. The van der Waals surface area contributed by atoms with E-state index in [4.69, 9.17) is 4.42 Å². The van der Waals surface area contributed by atoms with Crippen LogP contribution < -0.4 is 5.32 Å². The van der Waals surface area contributed by atoms with Gasteiger partial charge in [-0.2, -0.15) is 0 Å². The Kier molecular flexibility index (Phi) is 5.15. The lowest BCUT2D eigenvalue weighted by molar-refractivity contribution is 0.230. The third-order valence-electron chi connectivity index (χ3n) is 4.74. The third-order valence-corrected chi connectivity index (χ3v) is 4.74. The highest BCUT2D eigenvalue weighted by Crippen LogP contribution is 2.28. The van der Waals surface area contributed by atoms with Gasteiger partial charge in [0.2, 0.25) is 0 Å². The molecule has 1 N–H and O–H groups in total. The van der Waals surface area contributed by atoms with Crippen molar-refractivity contribution < 1.29 is 4.42 Å². The summed E-state index contributed by atoms with van der Waals surface area (Å²) in [5, 5.41) is 3.68. The van der Waals surface area contributed by atoms with Crippen molar-refractivity contribution in [1.82, 2.24) is 10.2 Å². The number of hydrogen-bond acceptors (Lipinski definition) is 3. The summed E-state index contributed by atoms with van der Waals surface area (Å²) < 4.78 is 5.48. The van der Waals surface area contributed by atoms with Crippen LogP contribution in [0.5, 0.6) is 0 Å². The fourth-order valence-corrected chi connectivity index (χ4v) is 3.35. The number of nitrogens with one attached hydrogen (secondary N) is 1. The van der Waals surface area contributed by atoms with Crippen LogP contribution in [0.25, 0.3) is 0 Å². The fraction of sp³-hybridized carbons (Fsp3) is 0.765. The highest BCUT2D eigenvalue weighted by molar-refractivity contribution is 4.99. The summed E-state index contributed by atoms with van der Waals surface area (Å²) in [6.45, 7) is 4.47. The minimum absolute atomic E-state index is 0.802. The van der Waals surface area contributed by atoms with Crippen LogP contribution in [0.1, 0.15) is 50.7 Å². The first-order chi connectivity index (χ1) is 9.92. The number of nitrogens with zero attached hydrogens (tertiary/aromatic N) is 1. The van der Waals surface area contributed by atoms with Gasteiger partial charge in [0.05, 0.1) is 12.8 Å². The Bertz CT molecular complexity index is 366. The van der Waals surface area contributed by atoms with E-state index in [1.54, 1.807) is 6.26 Å². The highest BCUT2D eigenvalue weighted by atomic mass is 16.3. The van der Waals surface area contributed by atoms with Gasteiger partial charge >= 0.3 is 0 Å². The SMILES string of the molecule is c1coc(CN(CCNCC2CCCCC2)C2CC2)c1. The van der Waals surface area contributed by atoms with E-state index in [0.29, 0.717) is 0 Å². The Morgan fingerprint density at radius 1 is 1.15 bits per heavy atom. The van der Waals surface area contributed by atoms with Gasteiger partial charge in [-0.1, -0.05) is 19.3 Å². The van der Waals surface area contributed by atoms with E-state index in [9.17, 15) is 0 Å². The van der Waals surface area contributed by atoms with Crippen molar-refractivity contribution in [1.29, 1.82) is 0 Å². The van der Waals surface area contributed by atoms with E-state index in [0.717, 1.165) is 37.4 Å². The topological polar surface area (TPSA) is 28.4 Å². The number of hydrogen-bond donors (Lipinski definition) is 1. The van der Waals surface area contributed by atoms with Crippen molar-refractivity contribution in [2.45, 2.75) is 57.5 Å². The number of rotatable bonds is 8. The van der Waals surface area contributed by atoms with Crippen LogP contribution in [-0.4, -0.2) is 30.6 Å². The molecule has 3 rings (SSSR count). The molecule has 0 unspecified atom stereocenters. The molecule has 3 heteroatoms. The van der Waals surface area contributed by atoms with Crippen LogP contribution in [0.15, 0.2) is 22.8 Å². The van der Waals surface area contributed by atoms with Gasteiger partial charge < -0.3 is 9.73 Å². The molecule has 20 heavy (non-hydrogen) atoms. The molecule has 0 aliphatic heterocycles. The summed E-state index contributed by atoms with van der Waals surface area (Å²) >= 11 is 0. The quantitative estimate of drug-likeness (QED) is 0.738. The molecule has 0 bridgehead atoms. The smallest absolute Gasteiger partial charge is 0.117 e. The van der Waals surface area contributed by atoms with Gasteiger partial charge in [-0.15, -0.1) is 0 Å². The second-order valence-electron chi connectivity index (χ2n) is 6.49. The third kappa shape index (κ3) is 4.35. The summed E-state index contributed by atoms with van der Waals surface area (Å²) in [6.07, 6.45) is 11.7. The average Bonchev–Trinajstić information content (AvgIpc) is 3.21. The highest BCUT2D eigenvalue weighted by Gasteiger charge is 2.29. The lowest BCUT2D eigenvalue weighted by atomic mass is 9.89. The van der Waals surface area contributed by atoms with E-state index in [1.165, 1.54) is 51.5 Å². The van der Waals surface area contributed by atoms with Crippen LogP contribution in [0.3, 0.4) is 0 Å². The van der Waals surface area contributed by atoms with Crippen molar-refractivity contribution >= 4 is 0 Å². The lowest BCUT2D eigenvalue weighted by Gasteiger charge is -2.24. The predicted molar refractivity (Wildman–Crippen MR) is 81.6 cm³/mol. The Labute approximate surface area is 122 Å². The molecule has 0 radical (unpaired) electrons. The normalized spacial score (nSPS) is 20.6. The molecule has 3 nitrogen and oxygen atoms in total. The fourth-order valence-electron chi connectivity index (χ4n) is 3.35. The predicted octanol–water partition coefficient (Wildman–Crippen LogP) is 3.41. The summed E-state index contributed by atoms with van der Waals surface area (Å²) in [5.74, 6) is 2.03. The Morgan fingerprint density at radius 3 is 2.70 bits per heavy atom. The van der Waals surface area contributed by atoms with Crippen molar-refractivity contribution in [3.05, 3.63) is 24.2 Å². The maximum absolute atomic E-state index is 5.48. The van der Waals surface area contributed by atoms with Crippen LogP contribution in [0.4, 0.5) is 0 Å². The molecule has 0 saturated heterocycles. The maximum atomic E-state index is 5.48. The minimum atomic E-state index is 0.802. The lowest BCUT2D eigenvalue weighted by Crippen LogP contribution is -2.35. The summed E-state index contributed by atoms with van der Waals surface area (Å²) in [5.41, 5.74) is 0. The zero-order valence-electron chi connectivity index (χ0n) is 12.5. The zero-order valence-corrected chi connectivity index (χ0v) is 12.5. The molecule has 2 fully saturated rings. The van der Waals surface area contributed by atoms with Crippen LogP contribution in [0.2, 0.25) is 0 Å². The van der Waals surface area contributed by atoms with E-state index < -0.39 is 0 Å². The number of furan rings is 1. The molecular formula is C17H28N2O. The Morgan fingerprint density at radius 2 is 2.00 bits per heavy atom. The second kappa shape index (κ2) is 7.28. The van der Waals surface area contributed by atoms with Gasteiger partial charge in [0, 0.05) is 19.1 Å². The standard InChI is InChI=1S/C17H28N2O/c1-2-5-15(6-3-1)13-18-10-11-19(16-8-9-16)14-17-7-4-12-20-17/h4,7,12,15-16,18H,1-3,5-6,8-11,13-14H2. The molecule has 0 atom stereocenters. The summed E-state index contributed by atoms with van der Waals surface area (Å²) in [4.78, 5) is 2.58. The first kappa shape index (κ1) is 14.2. The molecule has 2 aliphatic rings.